The molecule has 1 unspecified atom stereocenters. The quantitative estimate of drug-likeness (QED) is 0.813. The lowest BCUT2D eigenvalue weighted by molar-refractivity contribution is -0.123. The van der Waals surface area contributed by atoms with E-state index in [4.69, 9.17) is 5.73 Å². The predicted octanol–water partition coefficient (Wildman–Crippen LogP) is 0.265. The minimum atomic E-state index is -0.512. The van der Waals surface area contributed by atoms with Gasteiger partial charge in [0.1, 0.15) is 18.1 Å². The zero-order valence-electron chi connectivity index (χ0n) is 10.3. The largest absolute Gasteiger partial charge is 0.368 e. The van der Waals surface area contributed by atoms with Crippen LogP contribution in [-0.2, 0) is 4.79 Å². The number of carbonyl (C=O) groups is 2. The van der Waals surface area contributed by atoms with Crippen LogP contribution in [0.15, 0.2) is 12.4 Å². The van der Waals surface area contributed by atoms with Crippen molar-refractivity contribution in [1.82, 2.24) is 14.9 Å². The van der Waals surface area contributed by atoms with Crippen molar-refractivity contribution in [3.8, 4) is 0 Å². The Labute approximate surface area is 105 Å². The van der Waals surface area contributed by atoms with Crippen molar-refractivity contribution in [3.63, 3.8) is 0 Å². The highest BCUT2D eigenvalue weighted by Crippen LogP contribution is 2.18. The van der Waals surface area contributed by atoms with E-state index in [1.165, 1.54) is 11.2 Å². The number of primary amides is 1. The Bertz CT molecular complexity index is 475. The molecule has 1 saturated heterocycles. The highest BCUT2D eigenvalue weighted by atomic mass is 16.2. The number of rotatable bonds is 2. The third kappa shape index (κ3) is 2.47. The Morgan fingerprint density at radius 2 is 2.17 bits per heavy atom. The number of nitrogens with zero attached hydrogens (tertiary/aromatic N) is 3. The van der Waals surface area contributed by atoms with Crippen molar-refractivity contribution in [2.24, 2.45) is 5.73 Å². The van der Waals surface area contributed by atoms with Crippen molar-refractivity contribution < 1.29 is 9.59 Å². The maximum Gasteiger partial charge on any atom is 0.273 e. The standard InChI is InChI=1S/C12H16N4O2/c1-8-6-9(15-7-14-8)12(18)16-5-3-2-4-10(16)11(13)17/h6-7,10H,2-5H2,1H3,(H2,13,17). The van der Waals surface area contributed by atoms with Gasteiger partial charge in [-0.2, -0.15) is 0 Å². The number of nitrogens with two attached hydrogens (primary N) is 1. The van der Waals surface area contributed by atoms with Gasteiger partial charge in [-0.15, -0.1) is 0 Å². The van der Waals surface area contributed by atoms with E-state index in [2.05, 4.69) is 9.97 Å². The number of carbonyl (C=O) groups excluding carboxylic acids is 2. The molecule has 0 aliphatic carbocycles. The van der Waals surface area contributed by atoms with E-state index < -0.39 is 11.9 Å². The number of aryl methyl sites for hydroxylation is 1. The van der Waals surface area contributed by atoms with Crippen LogP contribution in [-0.4, -0.2) is 39.3 Å². The Balaban J connectivity index is 2.23. The minimum Gasteiger partial charge on any atom is -0.368 e. The number of amides is 2. The summed E-state index contributed by atoms with van der Waals surface area (Å²) < 4.78 is 0. The molecule has 1 aliphatic heterocycles. The van der Waals surface area contributed by atoms with Crippen LogP contribution in [0.2, 0.25) is 0 Å². The van der Waals surface area contributed by atoms with E-state index in [0.717, 1.165) is 18.5 Å². The molecule has 2 rings (SSSR count). The number of likely N-dealkylation sites (tertiary alicyclic amines) is 1. The van der Waals surface area contributed by atoms with Gasteiger partial charge in [0.15, 0.2) is 0 Å². The third-order valence-corrected chi connectivity index (χ3v) is 3.12. The molecule has 0 bridgehead atoms. The lowest BCUT2D eigenvalue weighted by Gasteiger charge is -2.33. The summed E-state index contributed by atoms with van der Waals surface area (Å²) in [6, 6.07) is 1.11. The molecule has 2 N–H and O–H groups in total. The fourth-order valence-corrected chi connectivity index (χ4v) is 2.19. The van der Waals surface area contributed by atoms with Crippen molar-refractivity contribution in [3.05, 3.63) is 23.8 Å². The van der Waals surface area contributed by atoms with Gasteiger partial charge in [0.2, 0.25) is 5.91 Å². The molecule has 1 aliphatic rings. The topological polar surface area (TPSA) is 89.2 Å². The lowest BCUT2D eigenvalue weighted by Crippen LogP contribution is -2.50. The zero-order valence-corrected chi connectivity index (χ0v) is 10.3. The first-order chi connectivity index (χ1) is 8.59. The molecule has 0 saturated carbocycles. The van der Waals surface area contributed by atoms with Gasteiger partial charge in [0.25, 0.3) is 5.91 Å². The van der Waals surface area contributed by atoms with Gasteiger partial charge in [-0.25, -0.2) is 9.97 Å². The first-order valence-electron chi connectivity index (χ1n) is 5.98. The second kappa shape index (κ2) is 5.12. The molecular weight excluding hydrogens is 232 g/mol. The highest BCUT2D eigenvalue weighted by Gasteiger charge is 2.31. The van der Waals surface area contributed by atoms with Gasteiger partial charge in [-0.1, -0.05) is 0 Å². The Morgan fingerprint density at radius 1 is 1.39 bits per heavy atom. The van der Waals surface area contributed by atoms with Gasteiger partial charge in [-0.3, -0.25) is 9.59 Å². The minimum absolute atomic E-state index is 0.246. The summed E-state index contributed by atoms with van der Waals surface area (Å²) in [6.45, 7) is 2.34. The summed E-state index contributed by atoms with van der Waals surface area (Å²) >= 11 is 0. The molecule has 2 heterocycles. The maximum atomic E-state index is 12.3. The maximum absolute atomic E-state index is 12.3. The Kier molecular flexibility index (Phi) is 3.55. The molecule has 1 fully saturated rings. The predicted molar refractivity (Wildman–Crippen MR) is 64.6 cm³/mol. The summed E-state index contributed by atoms with van der Waals surface area (Å²) in [5.74, 6) is -0.696. The summed E-state index contributed by atoms with van der Waals surface area (Å²) in [7, 11) is 0. The third-order valence-electron chi connectivity index (χ3n) is 3.12. The highest BCUT2D eigenvalue weighted by molar-refractivity contribution is 5.96. The number of piperidine rings is 1. The summed E-state index contributed by atoms with van der Waals surface area (Å²) in [5, 5.41) is 0. The molecule has 1 aromatic rings. The molecule has 0 aromatic carbocycles. The van der Waals surface area contributed by atoms with Gasteiger partial charge in [0, 0.05) is 12.2 Å². The van der Waals surface area contributed by atoms with E-state index >= 15 is 0 Å². The molecule has 2 amide bonds. The van der Waals surface area contributed by atoms with E-state index in [1.54, 1.807) is 13.0 Å². The smallest absolute Gasteiger partial charge is 0.273 e. The van der Waals surface area contributed by atoms with Crippen LogP contribution in [0.1, 0.15) is 35.4 Å². The van der Waals surface area contributed by atoms with Crippen molar-refractivity contribution in [2.45, 2.75) is 32.2 Å². The Hall–Kier alpha value is -1.98. The second-order valence-electron chi connectivity index (χ2n) is 4.46. The van der Waals surface area contributed by atoms with E-state index in [-0.39, 0.29) is 5.91 Å². The first-order valence-corrected chi connectivity index (χ1v) is 5.98. The van der Waals surface area contributed by atoms with Crippen LogP contribution in [0, 0.1) is 6.92 Å². The average Bonchev–Trinajstić information content (AvgIpc) is 2.38. The van der Waals surface area contributed by atoms with Crippen LogP contribution >= 0.6 is 0 Å². The van der Waals surface area contributed by atoms with Gasteiger partial charge >= 0.3 is 0 Å². The molecular formula is C12H16N4O2. The summed E-state index contributed by atoms with van der Waals surface area (Å²) in [4.78, 5) is 33.1. The number of hydrogen-bond donors (Lipinski definition) is 1. The lowest BCUT2D eigenvalue weighted by atomic mass is 10.0. The van der Waals surface area contributed by atoms with Crippen LogP contribution in [0.5, 0.6) is 0 Å². The van der Waals surface area contributed by atoms with Crippen LogP contribution in [0.3, 0.4) is 0 Å². The van der Waals surface area contributed by atoms with Crippen molar-refractivity contribution in [2.75, 3.05) is 6.54 Å². The van der Waals surface area contributed by atoms with Crippen LogP contribution < -0.4 is 5.73 Å². The first kappa shape index (κ1) is 12.5. The Morgan fingerprint density at radius 3 is 2.83 bits per heavy atom. The number of hydrogen-bond acceptors (Lipinski definition) is 4. The monoisotopic (exact) mass is 248 g/mol. The molecule has 1 atom stereocenters. The van der Waals surface area contributed by atoms with Gasteiger partial charge in [0.05, 0.1) is 0 Å². The molecule has 6 heteroatoms. The normalized spacial score (nSPS) is 19.6. The van der Waals surface area contributed by atoms with Gasteiger partial charge < -0.3 is 10.6 Å². The van der Waals surface area contributed by atoms with Crippen molar-refractivity contribution in [1.29, 1.82) is 0 Å². The molecule has 0 radical (unpaired) electrons. The fourth-order valence-electron chi connectivity index (χ4n) is 2.19. The van der Waals surface area contributed by atoms with E-state index in [0.29, 0.717) is 18.7 Å². The zero-order chi connectivity index (χ0) is 13.1. The van der Waals surface area contributed by atoms with Crippen molar-refractivity contribution >= 4 is 11.8 Å². The average molecular weight is 248 g/mol. The molecule has 0 spiro atoms. The molecule has 1 aromatic heterocycles. The van der Waals surface area contributed by atoms with E-state index in [9.17, 15) is 9.59 Å². The fraction of sp³-hybridized carbons (Fsp3) is 0.500. The van der Waals surface area contributed by atoms with E-state index in [1.807, 2.05) is 0 Å². The van der Waals surface area contributed by atoms with Crippen LogP contribution in [0.4, 0.5) is 0 Å². The molecule has 96 valence electrons. The van der Waals surface area contributed by atoms with Gasteiger partial charge in [-0.05, 0) is 32.3 Å². The van der Waals surface area contributed by atoms with Crippen LogP contribution in [0.25, 0.3) is 0 Å². The second-order valence-corrected chi connectivity index (χ2v) is 4.46. The number of aromatic nitrogens is 2. The summed E-state index contributed by atoms with van der Waals surface area (Å²) in [5.41, 5.74) is 6.38. The summed E-state index contributed by atoms with van der Waals surface area (Å²) in [6.07, 6.45) is 3.79. The molecule has 18 heavy (non-hydrogen) atoms. The SMILES string of the molecule is Cc1cc(C(=O)N2CCCCC2C(N)=O)ncn1. The molecule has 6 nitrogen and oxygen atoms in total.